The van der Waals surface area contributed by atoms with Crippen LogP contribution in [0.2, 0.25) is 0 Å². The van der Waals surface area contributed by atoms with Crippen molar-refractivity contribution in [1.29, 1.82) is 0 Å². The molecule has 1 aliphatic carbocycles. The number of para-hydroxylation sites is 1. The van der Waals surface area contributed by atoms with Crippen molar-refractivity contribution in [2.75, 3.05) is 6.61 Å². The van der Waals surface area contributed by atoms with Crippen LogP contribution in [0.3, 0.4) is 0 Å². The summed E-state index contributed by atoms with van der Waals surface area (Å²) in [5.74, 6) is 1.19. The van der Waals surface area contributed by atoms with Crippen LogP contribution in [-0.4, -0.2) is 12.8 Å². The molecule has 0 heterocycles. The molecule has 1 fully saturated rings. The normalized spacial score (nSPS) is 15.7. The van der Waals surface area contributed by atoms with E-state index in [2.05, 4.69) is 13.0 Å². The van der Waals surface area contributed by atoms with Gasteiger partial charge in [0.2, 0.25) is 0 Å². The number of rotatable bonds is 6. The number of unbranched alkanes of at least 4 members (excludes halogenated alkanes) is 2. The number of hydrogen-bond donors (Lipinski definition) is 0. The first kappa shape index (κ1) is 15.9. The molecule has 0 radical (unpaired) electrons. The minimum Gasteiger partial charge on any atom is -0.434 e. The van der Waals surface area contributed by atoms with Crippen LogP contribution >= 0.6 is 0 Å². The highest BCUT2D eigenvalue weighted by Gasteiger charge is 2.20. The Morgan fingerprint density at radius 1 is 1.14 bits per heavy atom. The Labute approximate surface area is 127 Å². The summed E-state index contributed by atoms with van der Waals surface area (Å²) < 4.78 is 10.5. The van der Waals surface area contributed by atoms with Crippen molar-refractivity contribution in [3.63, 3.8) is 0 Å². The lowest BCUT2D eigenvalue weighted by Crippen LogP contribution is -2.14. The van der Waals surface area contributed by atoms with Crippen LogP contribution in [0.5, 0.6) is 5.75 Å². The standard InChI is InChI=1S/C18H26O3/c1-2-3-9-14-20-18(19)21-17-13-8-7-12-16(17)15-10-5-4-6-11-15/h7-8,12-13,15H,2-6,9-11,14H2,1H3. The van der Waals surface area contributed by atoms with Gasteiger partial charge in [0.15, 0.2) is 0 Å². The van der Waals surface area contributed by atoms with Crippen LogP contribution in [0.1, 0.15) is 69.8 Å². The zero-order chi connectivity index (χ0) is 14.9. The lowest BCUT2D eigenvalue weighted by Gasteiger charge is -2.23. The van der Waals surface area contributed by atoms with Gasteiger partial charge in [-0.15, -0.1) is 0 Å². The summed E-state index contributed by atoms with van der Waals surface area (Å²) in [7, 11) is 0. The molecule has 0 amide bonds. The van der Waals surface area contributed by atoms with Gasteiger partial charge < -0.3 is 9.47 Å². The van der Waals surface area contributed by atoms with E-state index in [-0.39, 0.29) is 0 Å². The van der Waals surface area contributed by atoms with Gasteiger partial charge in [-0.1, -0.05) is 57.2 Å². The van der Waals surface area contributed by atoms with Crippen molar-refractivity contribution in [3.05, 3.63) is 29.8 Å². The largest absolute Gasteiger partial charge is 0.513 e. The highest BCUT2D eigenvalue weighted by atomic mass is 16.7. The summed E-state index contributed by atoms with van der Waals surface area (Å²) in [6.45, 7) is 2.57. The molecule has 0 bridgehead atoms. The third-order valence-electron chi connectivity index (χ3n) is 4.13. The van der Waals surface area contributed by atoms with Crippen LogP contribution in [0.15, 0.2) is 24.3 Å². The predicted octanol–water partition coefficient (Wildman–Crippen LogP) is 5.44. The minimum absolute atomic E-state index is 0.443. The molecule has 0 aliphatic heterocycles. The van der Waals surface area contributed by atoms with Crippen molar-refractivity contribution < 1.29 is 14.3 Å². The highest BCUT2D eigenvalue weighted by molar-refractivity contribution is 5.64. The summed E-state index contributed by atoms with van der Waals surface area (Å²) in [5.41, 5.74) is 1.16. The van der Waals surface area contributed by atoms with Gasteiger partial charge in [-0.3, -0.25) is 0 Å². The molecule has 0 unspecified atom stereocenters. The van der Waals surface area contributed by atoms with E-state index in [1.165, 1.54) is 32.1 Å². The van der Waals surface area contributed by atoms with E-state index >= 15 is 0 Å². The first-order valence-electron chi connectivity index (χ1n) is 8.24. The molecule has 0 saturated heterocycles. The Bertz CT molecular complexity index is 436. The van der Waals surface area contributed by atoms with E-state index in [0.29, 0.717) is 18.3 Å². The third kappa shape index (κ3) is 5.07. The average Bonchev–Trinajstić information content (AvgIpc) is 2.53. The van der Waals surface area contributed by atoms with E-state index in [4.69, 9.17) is 9.47 Å². The Kier molecular flexibility index (Phi) is 6.58. The van der Waals surface area contributed by atoms with Gasteiger partial charge in [-0.25, -0.2) is 4.79 Å². The first-order valence-corrected chi connectivity index (χ1v) is 8.24. The number of carbonyl (C=O) groups excluding carboxylic acids is 1. The molecule has 0 atom stereocenters. The summed E-state index contributed by atoms with van der Waals surface area (Å²) in [6, 6.07) is 7.88. The molecule has 1 aromatic carbocycles. The van der Waals surface area contributed by atoms with Gasteiger partial charge in [-0.2, -0.15) is 0 Å². The van der Waals surface area contributed by atoms with Gasteiger partial charge in [0.1, 0.15) is 5.75 Å². The summed E-state index contributed by atoms with van der Waals surface area (Å²) >= 11 is 0. The van der Waals surface area contributed by atoms with Gasteiger partial charge in [-0.05, 0) is 36.8 Å². The Morgan fingerprint density at radius 3 is 2.67 bits per heavy atom. The monoisotopic (exact) mass is 290 g/mol. The molecule has 3 heteroatoms. The van der Waals surface area contributed by atoms with Crippen LogP contribution in [0.25, 0.3) is 0 Å². The number of benzene rings is 1. The second-order valence-corrected chi connectivity index (χ2v) is 5.78. The molecule has 0 N–H and O–H groups in total. The molecule has 0 aromatic heterocycles. The van der Waals surface area contributed by atoms with E-state index in [1.807, 2.05) is 18.2 Å². The maximum Gasteiger partial charge on any atom is 0.513 e. The number of hydrogen-bond acceptors (Lipinski definition) is 3. The molecule has 3 nitrogen and oxygen atoms in total. The topological polar surface area (TPSA) is 35.5 Å². The molecular formula is C18H26O3. The molecule has 1 aromatic rings. The van der Waals surface area contributed by atoms with Gasteiger partial charge in [0.05, 0.1) is 6.61 Å². The fourth-order valence-electron chi connectivity index (χ4n) is 2.95. The van der Waals surface area contributed by atoms with Crippen molar-refractivity contribution in [2.45, 2.75) is 64.2 Å². The van der Waals surface area contributed by atoms with Crippen molar-refractivity contribution in [2.24, 2.45) is 0 Å². The molecular weight excluding hydrogens is 264 g/mol. The van der Waals surface area contributed by atoms with Crippen molar-refractivity contribution >= 4 is 6.16 Å². The second kappa shape index (κ2) is 8.71. The zero-order valence-electron chi connectivity index (χ0n) is 13.0. The van der Waals surface area contributed by atoms with Gasteiger partial charge in [0.25, 0.3) is 0 Å². The zero-order valence-corrected chi connectivity index (χ0v) is 13.0. The summed E-state index contributed by atoms with van der Waals surface area (Å²) in [4.78, 5) is 11.8. The van der Waals surface area contributed by atoms with Crippen LogP contribution in [0, 0.1) is 0 Å². The number of carbonyl (C=O) groups is 1. The highest BCUT2D eigenvalue weighted by Crippen LogP contribution is 2.37. The number of ether oxygens (including phenoxy) is 2. The molecule has 21 heavy (non-hydrogen) atoms. The molecule has 2 rings (SSSR count). The van der Waals surface area contributed by atoms with E-state index < -0.39 is 6.16 Å². The fraction of sp³-hybridized carbons (Fsp3) is 0.611. The minimum atomic E-state index is -0.575. The van der Waals surface area contributed by atoms with Crippen LogP contribution < -0.4 is 4.74 Å². The van der Waals surface area contributed by atoms with Crippen molar-refractivity contribution in [1.82, 2.24) is 0 Å². The molecule has 1 aliphatic rings. The SMILES string of the molecule is CCCCCOC(=O)Oc1ccccc1C1CCCCC1. The van der Waals surface area contributed by atoms with Crippen LogP contribution in [0.4, 0.5) is 4.79 Å². The van der Waals surface area contributed by atoms with E-state index in [9.17, 15) is 4.79 Å². The third-order valence-corrected chi connectivity index (χ3v) is 4.13. The maximum atomic E-state index is 11.8. The van der Waals surface area contributed by atoms with Crippen molar-refractivity contribution in [3.8, 4) is 5.75 Å². The summed E-state index contributed by atoms with van der Waals surface area (Å²) in [5, 5.41) is 0. The van der Waals surface area contributed by atoms with Crippen LogP contribution in [-0.2, 0) is 4.74 Å². The van der Waals surface area contributed by atoms with Gasteiger partial charge in [0, 0.05) is 0 Å². The smallest absolute Gasteiger partial charge is 0.434 e. The van der Waals surface area contributed by atoms with Gasteiger partial charge >= 0.3 is 6.16 Å². The molecule has 0 spiro atoms. The first-order chi connectivity index (χ1) is 10.3. The molecule has 1 saturated carbocycles. The Morgan fingerprint density at radius 2 is 1.90 bits per heavy atom. The molecule has 116 valence electrons. The Balaban J connectivity index is 1.91. The van der Waals surface area contributed by atoms with E-state index in [0.717, 1.165) is 24.8 Å². The Hall–Kier alpha value is -1.51. The lowest BCUT2D eigenvalue weighted by molar-refractivity contribution is 0.0968. The lowest BCUT2D eigenvalue weighted by atomic mass is 9.84. The predicted molar refractivity (Wildman–Crippen MR) is 83.8 cm³/mol. The van der Waals surface area contributed by atoms with E-state index in [1.54, 1.807) is 0 Å². The maximum absolute atomic E-state index is 11.8. The fourth-order valence-corrected chi connectivity index (χ4v) is 2.95. The average molecular weight is 290 g/mol. The summed E-state index contributed by atoms with van der Waals surface area (Å²) in [6.07, 6.45) is 8.73. The quantitative estimate of drug-likeness (QED) is 0.397. The second-order valence-electron chi connectivity index (χ2n) is 5.78.